The molecule has 0 aliphatic carbocycles. The van der Waals surface area contributed by atoms with Crippen LogP contribution in [0, 0.1) is 0 Å². The Hall–Kier alpha value is -2.63. The van der Waals surface area contributed by atoms with Gasteiger partial charge in [-0.1, -0.05) is 37.3 Å². The fourth-order valence-electron chi connectivity index (χ4n) is 2.58. The quantitative estimate of drug-likeness (QED) is 0.799. The van der Waals surface area contributed by atoms with Crippen LogP contribution in [0.25, 0.3) is 11.2 Å². The lowest BCUT2D eigenvalue weighted by atomic mass is 10.2. The molecule has 0 bridgehead atoms. The summed E-state index contributed by atoms with van der Waals surface area (Å²) in [6, 6.07) is 9.81. The summed E-state index contributed by atoms with van der Waals surface area (Å²) in [4.78, 5) is 31.0. The minimum Gasteiger partial charge on any atom is -0.320 e. The second-order valence-electron chi connectivity index (χ2n) is 5.42. The number of H-pyrrole nitrogens is 1. The summed E-state index contributed by atoms with van der Waals surface area (Å²) in [7, 11) is 0. The maximum atomic E-state index is 12.2. The van der Waals surface area contributed by atoms with Gasteiger partial charge in [0.1, 0.15) is 0 Å². The molecule has 114 valence electrons. The number of fused-ring (bicyclic) bond motifs is 1. The second-order valence-corrected chi connectivity index (χ2v) is 5.42. The summed E-state index contributed by atoms with van der Waals surface area (Å²) in [6.07, 6.45) is 2.40. The molecule has 0 spiro atoms. The normalized spacial score (nSPS) is 12.6. The van der Waals surface area contributed by atoms with Gasteiger partial charge in [0, 0.05) is 12.6 Å². The average molecular weight is 298 g/mol. The first kappa shape index (κ1) is 14.3. The Morgan fingerprint density at radius 2 is 1.95 bits per heavy atom. The molecule has 0 fully saturated rings. The Kier molecular flexibility index (Phi) is 3.66. The summed E-state index contributed by atoms with van der Waals surface area (Å²) in [5.41, 5.74) is 1.15. The zero-order chi connectivity index (χ0) is 15.7. The van der Waals surface area contributed by atoms with Gasteiger partial charge >= 0.3 is 5.69 Å². The lowest BCUT2D eigenvalue weighted by Crippen LogP contribution is -2.32. The third-order valence-electron chi connectivity index (χ3n) is 3.93. The number of aromatic amines is 1. The van der Waals surface area contributed by atoms with Gasteiger partial charge in [0.15, 0.2) is 11.2 Å². The van der Waals surface area contributed by atoms with Crippen molar-refractivity contribution in [2.45, 2.75) is 32.9 Å². The Morgan fingerprint density at radius 3 is 2.64 bits per heavy atom. The van der Waals surface area contributed by atoms with Crippen LogP contribution in [0.5, 0.6) is 0 Å². The minimum atomic E-state index is -0.406. The fraction of sp³-hybridized carbons (Fsp3) is 0.312. The van der Waals surface area contributed by atoms with E-state index in [1.165, 1.54) is 0 Å². The fourth-order valence-corrected chi connectivity index (χ4v) is 2.58. The highest BCUT2D eigenvalue weighted by Gasteiger charge is 2.16. The lowest BCUT2D eigenvalue weighted by molar-refractivity contribution is 0.517. The zero-order valence-electron chi connectivity index (χ0n) is 12.6. The van der Waals surface area contributed by atoms with Crippen LogP contribution in [0.2, 0.25) is 0 Å². The van der Waals surface area contributed by atoms with Gasteiger partial charge in [0.2, 0.25) is 0 Å². The van der Waals surface area contributed by atoms with Crippen molar-refractivity contribution in [2.24, 2.45) is 0 Å². The summed E-state index contributed by atoms with van der Waals surface area (Å²) in [5, 5.41) is 0. The molecule has 22 heavy (non-hydrogen) atoms. The van der Waals surface area contributed by atoms with Crippen LogP contribution < -0.4 is 11.2 Å². The highest BCUT2D eigenvalue weighted by atomic mass is 16.2. The van der Waals surface area contributed by atoms with Gasteiger partial charge in [0.05, 0.1) is 6.33 Å². The molecule has 0 aliphatic rings. The summed E-state index contributed by atoms with van der Waals surface area (Å²) in [5.74, 6) is 0. The predicted octanol–water partition coefficient (Wildman–Crippen LogP) is 1.91. The van der Waals surface area contributed by atoms with Crippen molar-refractivity contribution in [3.63, 3.8) is 0 Å². The van der Waals surface area contributed by atoms with Crippen molar-refractivity contribution in [3.05, 3.63) is 63.1 Å². The van der Waals surface area contributed by atoms with Crippen LogP contribution >= 0.6 is 0 Å². The van der Waals surface area contributed by atoms with E-state index < -0.39 is 11.2 Å². The van der Waals surface area contributed by atoms with Crippen molar-refractivity contribution in [2.75, 3.05) is 0 Å². The number of hydrogen-bond donors (Lipinski definition) is 1. The van der Waals surface area contributed by atoms with E-state index in [4.69, 9.17) is 0 Å². The predicted molar refractivity (Wildman–Crippen MR) is 85.2 cm³/mol. The van der Waals surface area contributed by atoms with Crippen molar-refractivity contribution >= 4 is 11.2 Å². The molecule has 1 aromatic carbocycles. The summed E-state index contributed by atoms with van der Waals surface area (Å²) >= 11 is 0. The molecule has 0 saturated heterocycles. The van der Waals surface area contributed by atoms with Crippen molar-refractivity contribution in [1.29, 1.82) is 0 Å². The van der Waals surface area contributed by atoms with Crippen LogP contribution in [0.3, 0.4) is 0 Å². The molecule has 6 heteroatoms. The SMILES string of the molecule is CCC(C)n1c(=O)[nH]c(=O)c2c1ncn2Cc1ccccc1. The molecule has 2 aromatic heterocycles. The number of benzene rings is 1. The van der Waals surface area contributed by atoms with Crippen LogP contribution in [-0.4, -0.2) is 19.1 Å². The van der Waals surface area contributed by atoms with Gasteiger partial charge in [-0.3, -0.25) is 14.3 Å². The van der Waals surface area contributed by atoms with E-state index in [0.29, 0.717) is 17.7 Å². The maximum absolute atomic E-state index is 12.2. The molecule has 1 atom stereocenters. The number of nitrogens with zero attached hydrogens (tertiary/aromatic N) is 3. The lowest BCUT2D eigenvalue weighted by Gasteiger charge is -2.13. The van der Waals surface area contributed by atoms with Crippen molar-refractivity contribution < 1.29 is 0 Å². The van der Waals surface area contributed by atoms with Gasteiger partial charge in [-0.05, 0) is 18.9 Å². The maximum Gasteiger partial charge on any atom is 0.330 e. The van der Waals surface area contributed by atoms with Crippen LogP contribution in [0.1, 0.15) is 31.9 Å². The third-order valence-corrected chi connectivity index (χ3v) is 3.93. The van der Waals surface area contributed by atoms with Gasteiger partial charge in [-0.25, -0.2) is 9.78 Å². The minimum absolute atomic E-state index is 0.0214. The number of rotatable bonds is 4. The van der Waals surface area contributed by atoms with Crippen molar-refractivity contribution in [3.8, 4) is 0 Å². The highest BCUT2D eigenvalue weighted by Crippen LogP contribution is 2.15. The molecule has 0 radical (unpaired) electrons. The molecule has 6 nitrogen and oxygen atoms in total. The molecule has 1 unspecified atom stereocenters. The Labute approximate surface area is 127 Å². The monoisotopic (exact) mass is 298 g/mol. The molecular formula is C16H18N4O2. The van der Waals surface area contributed by atoms with Gasteiger partial charge < -0.3 is 4.57 Å². The molecule has 0 saturated carbocycles. The van der Waals surface area contributed by atoms with Crippen molar-refractivity contribution in [1.82, 2.24) is 19.1 Å². The van der Waals surface area contributed by atoms with Gasteiger partial charge in [-0.2, -0.15) is 0 Å². The molecule has 2 heterocycles. The summed E-state index contributed by atoms with van der Waals surface area (Å²) < 4.78 is 3.33. The van der Waals surface area contributed by atoms with Gasteiger partial charge in [0.25, 0.3) is 5.56 Å². The summed E-state index contributed by atoms with van der Waals surface area (Å²) in [6.45, 7) is 4.48. The average Bonchev–Trinajstić information content (AvgIpc) is 2.92. The van der Waals surface area contributed by atoms with E-state index in [2.05, 4.69) is 9.97 Å². The standard InChI is InChI=1S/C16H18N4O2/c1-3-11(2)20-14-13(15(21)18-16(20)22)19(10-17-14)9-12-7-5-4-6-8-12/h4-8,10-11H,3,9H2,1-2H3,(H,18,21,22). The van der Waals surface area contributed by atoms with E-state index in [1.807, 2.05) is 44.2 Å². The van der Waals surface area contributed by atoms with E-state index in [9.17, 15) is 9.59 Å². The molecule has 1 N–H and O–H groups in total. The molecule has 0 amide bonds. The third kappa shape index (κ3) is 2.36. The topological polar surface area (TPSA) is 72.7 Å². The molecular weight excluding hydrogens is 280 g/mol. The Bertz CT molecular complexity index is 905. The Balaban J connectivity index is 2.19. The van der Waals surface area contributed by atoms with E-state index in [-0.39, 0.29) is 6.04 Å². The molecule has 0 aliphatic heterocycles. The van der Waals surface area contributed by atoms with E-state index in [0.717, 1.165) is 12.0 Å². The van der Waals surface area contributed by atoms with Crippen LogP contribution in [-0.2, 0) is 6.54 Å². The van der Waals surface area contributed by atoms with E-state index >= 15 is 0 Å². The molecule has 3 aromatic rings. The number of nitrogens with one attached hydrogen (secondary N) is 1. The van der Waals surface area contributed by atoms with E-state index in [1.54, 1.807) is 15.5 Å². The zero-order valence-corrected chi connectivity index (χ0v) is 12.6. The highest BCUT2D eigenvalue weighted by molar-refractivity contribution is 5.70. The first-order valence-corrected chi connectivity index (χ1v) is 7.35. The van der Waals surface area contributed by atoms with Gasteiger partial charge in [-0.15, -0.1) is 0 Å². The number of imidazole rings is 1. The second kappa shape index (κ2) is 5.63. The first-order valence-electron chi connectivity index (χ1n) is 7.35. The Morgan fingerprint density at radius 1 is 1.23 bits per heavy atom. The van der Waals surface area contributed by atoms with Crippen LogP contribution in [0.4, 0.5) is 0 Å². The molecule has 3 rings (SSSR count). The number of hydrogen-bond acceptors (Lipinski definition) is 3. The smallest absolute Gasteiger partial charge is 0.320 e. The first-order chi connectivity index (χ1) is 10.6. The largest absolute Gasteiger partial charge is 0.330 e. The number of aromatic nitrogens is 4. The van der Waals surface area contributed by atoms with Crippen LogP contribution in [0.15, 0.2) is 46.2 Å².